The Hall–Kier alpha value is -1.36. The van der Waals surface area contributed by atoms with Gasteiger partial charge in [-0.2, -0.15) is 5.10 Å². The zero-order valence-electron chi connectivity index (χ0n) is 8.75. The zero-order chi connectivity index (χ0) is 10.7. The van der Waals surface area contributed by atoms with Gasteiger partial charge in [0.1, 0.15) is 11.9 Å². The van der Waals surface area contributed by atoms with Gasteiger partial charge in [0.15, 0.2) is 0 Å². The van der Waals surface area contributed by atoms with Crippen LogP contribution in [0.4, 0.5) is 5.82 Å². The molecule has 0 saturated carbocycles. The van der Waals surface area contributed by atoms with Gasteiger partial charge in [-0.3, -0.25) is 9.89 Å². The molecular formula is C10H15N3O2. The van der Waals surface area contributed by atoms with Crippen LogP contribution in [0.3, 0.4) is 0 Å². The van der Waals surface area contributed by atoms with Crippen LogP contribution in [0.15, 0.2) is 6.20 Å². The van der Waals surface area contributed by atoms with E-state index in [1.807, 2.05) is 6.92 Å². The van der Waals surface area contributed by atoms with Crippen molar-refractivity contribution in [1.29, 1.82) is 0 Å². The Morgan fingerprint density at radius 3 is 3.33 bits per heavy atom. The van der Waals surface area contributed by atoms with Gasteiger partial charge in [0.25, 0.3) is 5.91 Å². The number of hydrogen-bond acceptors (Lipinski definition) is 3. The molecule has 0 bridgehead atoms. The Morgan fingerprint density at radius 2 is 2.67 bits per heavy atom. The van der Waals surface area contributed by atoms with Crippen LogP contribution in [-0.2, 0) is 16.0 Å². The Morgan fingerprint density at radius 1 is 1.80 bits per heavy atom. The number of anilines is 1. The number of rotatable bonds is 3. The first-order valence-electron chi connectivity index (χ1n) is 5.26. The van der Waals surface area contributed by atoms with Crippen molar-refractivity contribution in [3.63, 3.8) is 0 Å². The van der Waals surface area contributed by atoms with Crippen molar-refractivity contribution in [1.82, 2.24) is 10.2 Å². The number of hydrogen-bond donors (Lipinski definition) is 2. The fourth-order valence-corrected chi connectivity index (χ4v) is 1.68. The lowest BCUT2D eigenvalue weighted by Gasteiger charge is -2.09. The highest BCUT2D eigenvalue weighted by Crippen LogP contribution is 2.16. The summed E-state index contributed by atoms with van der Waals surface area (Å²) < 4.78 is 5.29. The normalized spacial score (nSPS) is 20.5. The topological polar surface area (TPSA) is 67.0 Å². The minimum atomic E-state index is -0.294. The molecule has 82 valence electrons. The number of aromatic amines is 1. The highest BCUT2D eigenvalue weighted by molar-refractivity contribution is 5.94. The number of aryl methyl sites for hydroxylation is 1. The van der Waals surface area contributed by atoms with Crippen molar-refractivity contribution in [2.45, 2.75) is 32.3 Å². The van der Waals surface area contributed by atoms with E-state index in [0.717, 1.165) is 24.8 Å². The summed E-state index contributed by atoms with van der Waals surface area (Å²) in [6.07, 6.45) is 4.05. The fourth-order valence-electron chi connectivity index (χ4n) is 1.68. The summed E-state index contributed by atoms with van der Waals surface area (Å²) in [5, 5.41) is 9.47. The minimum Gasteiger partial charge on any atom is -0.368 e. The maximum Gasteiger partial charge on any atom is 0.254 e. The molecule has 2 N–H and O–H groups in total. The molecule has 2 heterocycles. The van der Waals surface area contributed by atoms with Crippen molar-refractivity contribution in [2.24, 2.45) is 0 Å². The van der Waals surface area contributed by atoms with Gasteiger partial charge in [0.05, 0.1) is 6.20 Å². The number of carbonyl (C=O) groups excluding carboxylic acids is 1. The van der Waals surface area contributed by atoms with E-state index >= 15 is 0 Å². The van der Waals surface area contributed by atoms with Crippen LogP contribution in [0.1, 0.15) is 25.3 Å². The predicted molar refractivity (Wildman–Crippen MR) is 55.6 cm³/mol. The second-order valence-corrected chi connectivity index (χ2v) is 3.61. The van der Waals surface area contributed by atoms with E-state index in [1.54, 1.807) is 6.20 Å². The van der Waals surface area contributed by atoms with E-state index in [-0.39, 0.29) is 12.0 Å². The summed E-state index contributed by atoms with van der Waals surface area (Å²) in [5.41, 5.74) is 1.02. The van der Waals surface area contributed by atoms with Crippen LogP contribution >= 0.6 is 0 Å². The minimum absolute atomic E-state index is 0.0774. The van der Waals surface area contributed by atoms with Crippen LogP contribution in [0, 0.1) is 0 Å². The average Bonchev–Trinajstić information content (AvgIpc) is 2.87. The van der Waals surface area contributed by atoms with Crippen LogP contribution < -0.4 is 5.32 Å². The summed E-state index contributed by atoms with van der Waals surface area (Å²) in [7, 11) is 0. The molecule has 5 nitrogen and oxygen atoms in total. The van der Waals surface area contributed by atoms with Crippen LogP contribution in [0.5, 0.6) is 0 Å². The molecular weight excluding hydrogens is 194 g/mol. The third kappa shape index (κ3) is 2.18. The van der Waals surface area contributed by atoms with Crippen LogP contribution in [0.2, 0.25) is 0 Å². The number of carbonyl (C=O) groups is 1. The quantitative estimate of drug-likeness (QED) is 0.783. The SMILES string of the molecule is CCc1cn[nH]c1NC(=O)C1CCCO1. The monoisotopic (exact) mass is 209 g/mol. The molecule has 0 aromatic carbocycles. The second kappa shape index (κ2) is 4.44. The fraction of sp³-hybridized carbons (Fsp3) is 0.600. The van der Waals surface area contributed by atoms with E-state index in [2.05, 4.69) is 15.5 Å². The van der Waals surface area contributed by atoms with E-state index in [4.69, 9.17) is 4.74 Å². The first-order chi connectivity index (χ1) is 7.31. The molecule has 1 aromatic heterocycles. The van der Waals surface area contributed by atoms with Gasteiger partial charge >= 0.3 is 0 Å². The van der Waals surface area contributed by atoms with Gasteiger partial charge in [0, 0.05) is 12.2 Å². The van der Waals surface area contributed by atoms with E-state index in [9.17, 15) is 4.79 Å². The predicted octanol–water partition coefficient (Wildman–Crippen LogP) is 1.09. The van der Waals surface area contributed by atoms with Gasteiger partial charge in [-0.15, -0.1) is 0 Å². The summed E-state index contributed by atoms with van der Waals surface area (Å²) >= 11 is 0. The van der Waals surface area contributed by atoms with E-state index in [1.165, 1.54) is 0 Å². The molecule has 1 aromatic rings. The molecule has 0 radical (unpaired) electrons. The molecule has 0 spiro atoms. The standard InChI is InChI=1S/C10H15N3O2/c1-2-7-6-11-13-9(7)12-10(14)8-4-3-5-15-8/h6,8H,2-5H2,1H3,(H2,11,12,13,14). The number of H-pyrrole nitrogens is 1. The molecule has 15 heavy (non-hydrogen) atoms. The molecule has 1 unspecified atom stereocenters. The smallest absolute Gasteiger partial charge is 0.254 e. The Labute approximate surface area is 88.2 Å². The average molecular weight is 209 g/mol. The number of amides is 1. The summed E-state index contributed by atoms with van der Waals surface area (Å²) in [6, 6.07) is 0. The van der Waals surface area contributed by atoms with Gasteiger partial charge < -0.3 is 10.1 Å². The lowest BCUT2D eigenvalue weighted by atomic mass is 10.2. The Kier molecular flexibility index (Phi) is 3.01. The van der Waals surface area contributed by atoms with Crippen LogP contribution in [0.25, 0.3) is 0 Å². The lowest BCUT2D eigenvalue weighted by molar-refractivity contribution is -0.124. The zero-order valence-corrected chi connectivity index (χ0v) is 8.75. The van der Waals surface area contributed by atoms with Crippen molar-refractivity contribution in [3.8, 4) is 0 Å². The summed E-state index contributed by atoms with van der Waals surface area (Å²) in [6.45, 7) is 2.70. The number of nitrogens with zero attached hydrogens (tertiary/aromatic N) is 1. The molecule has 2 rings (SSSR count). The van der Waals surface area contributed by atoms with Crippen molar-refractivity contribution in [2.75, 3.05) is 11.9 Å². The third-order valence-electron chi connectivity index (χ3n) is 2.57. The first kappa shape index (κ1) is 10.2. The summed E-state index contributed by atoms with van der Waals surface area (Å²) in [5.74, 6) is 0.615. The molecule has 1 amide bonds. The van der Waals surface area contributed by atoms with Gasteiger partial charge in [-0.1, -0.05) is 6.92 Å². The van der Waals surface area contributed by atoms with Gasteiger partial charge in [0.2, 0.25) is 0 Å². The van der Waals surface area contributed by atoms with Crippen molar-refractivity contribution >= 4 is 11.7 Å². The number of ether oxygens (including phenoxy) is 1. The molecule has 5 heteroatoms. The Bertz CT molecular complexity index is 342. The first-order valence-corrected chi connectivity index (χ1v) is 5.26. The molecule has 1 aliphatic heterocycles. The van der Waals surface area contributed by atoms with Gasteiger partial charge in [-0.25, -0.2) is 0 Å². The molecule has 1 fully saturated rings. The van der Waals surface area contributed by atoms with Crippen molar-refractivity contribution < 1.29 is 9.53 Å². The maximum absolute atomic E-state index is 11.7. The molecule has 1 aliphatic rings. The Balaban J connectivity index is 1.98. The largest absolute Gasteiger partial charge is 0.368 e. The highest BCUT2D eigenvalue weighted by Gasteiger charge is 2.24. The molecule has 1 saturated heterocycles. The van der Waals surface area contributed by atoms with Crippen LogP contribution in [-0.4, -0.2) is 28.8 Å². The highest BCUT2D eigenvalue weighted by atomic mass is 16.5. The second-order valence-electron chi connectivity index (χ2n) is 3.61. The molecule has 1 atom stereocenters. The number of aromatic nitrogens is 2. The third-order valence-corrected chi connectivity index (χ3v) is 2.57. The summed E-state index contributed by atoms with van der Waals surface area (Å²) in [4.78, 5) is 11.7. The van der Waals surface area contributed by atoms with E-state index < -0.39 is 0 Å². The van der Waals surface area contributed by atoms with Crippen molar-refractivity contribution in [3.05, 3.63) is 11.8 Å². The van der Waals surface area contributed by atoms with E-state index in [0.29, 0.717) is 12.4 Å². The molecule has 0 aliphatic carbocycles. The number of nitrogens with one attached hydrogen (secondary N) is 2. The van der Waals surface area contributed by atoms with Gasteiger partial charge in [-0.05, 0) is 19.3 Å². The lowest BCUT2D eigenvalue weighted by Crippen LogP contribution is -2.27. The maximum atomic E-state index is 11.7.